The first-order chi connectivity index (χ1) is 8.61. The molecule has 0 saturated carbocycles. The van der Waals surface area contributed by atoms with E-state index in [-0.39, 0.29) is 5.97 Å². The fourth-order valence-corrected chi connectivity index (χ4v) is 1.75. The summed E-state index contributed by atoms with van der Waals surface area (Å²) in [5, 5.41) is 0. The molecular formula is C14H14N2O2. The normalized spacial score (nSPS) is 10.1. The molecule has 18 heavy (non-hydrogen) atoms. The molecule has 0 bridgehead atoms. The topological polar surface area (TPSA) is 65.2 Å². The van der Waals surface area contributed by atoms with Crippen LogP contribution in [0.5, 0.6) is 0 Å². The lowest BCUT2D eigenvalue weighted by Gasteiger charge is -2.07. The molecule has 1 aromatic carbocycles. The van der Waals surface area contributed by atoms with E-state index in [0.29, 0.717) is 11.4 Å². The highest BCUT2D eigenvalue weighted by atomic mass is 16.5. The SMILES string of the molecule is COC(=O)c1cccc(-c2nc(N)ccc2C)c1. The summed E-state index contributed by atoms with van der Waals surface area (Å²) in [6.07, 6.45) is 0. The average Bonchev–Trinajstić information content (AvgIpc) is 2.40. The molecule has 2 aromatic rings. The minimum Gasteiger partial charge on any atom is -0.465 e. The molecular weight excluding hydrogens is 228 g/mol. The van der Waals surface area contributed by atoms with Crippen molar-refractivity contribution in [1.29, 1.82) is 0 Å². The second-order valence-corrected chi connectivity index (χ2v) is 3.97. The summed E-state index contributed by atoms with van der Waals surface area (Å²) >= 11 is 0. The van der Waals surface area contributed by atoms with Gasteiger partial charge in [0.25, 0.3) is 0 Å². The standard InChI is InChI=1S/C14H14N2O2/c1-9-6-7-12(15)16-13(9)10-4-3-5-11(8-10)14(17)18-2/h3-8H,1-2H3,(H2,15,16). The first kappa shape index (κ1) is 12.1. The molecule has 0 fully saturated rings. The van der Waals surface area contributed by atoms with Gasteiger partial charge in [0.15, 0.2) is 0 Å². The lowest BCUT2D eigenvalue weighted by Crippen LogP contribution is -2.01. The van der Waals surface area contributed by atoms with E-state index in [0.717, 1.165) is 16.8 Å². The van der Waals surface area contributed by atoms with Crippen molar-refractivity contribution in [3.05, 3.63) is 47.5 Å². The Morgan fingerprint density at radius 1 is 1.28 bits per heavy atom. The number of aryl methyl sites for hydroxylation is 1. The molecule has 0 amide bonds. The molecule has 2 N–H and O–H groups in total. The number of hydrogen-bond acceptors (Lipinski definition) is 4. The van der Waals surface area contributed by atoms with Crippen molar-refractivity contribution in [3.63, 3.8) is 0 Å². The molecule has 4 heteroatoms. The number of ether oxygens (including phenoxy) is 1. The summed E-state index contributed by atoms with van der Waals surface area (Å²) in [6, 6.07) is 10.8. The Hall–Kier alpha value is -2.36. The Morgan fingerprint density at radius 2 is 2.06 bits per heavy atom. The summed E-state index contributed by atoms with van der Waals surface area (Å²) < 4.78 is 4.70. The number of pyridine rings is 1. The third-order valence-corrected chi connectivity index (χ3v) is 2.68. The molecule has 0 radical (unpaired) electrons. The van der Waals surface area contributed by atoms with E-state index in [1.165, 1.54) is 7.11 Å². The van der Waals surface area contributed by atoms with Gasteiger partial charge in [-0.1, -0.05) is 18.2 Å². The van der Waals surface area contributed by atoms with E-state index in [1.54, 1.807) is 24.3 Å². The average molecular weight is 242 g/mol. The van der Waals surface area contributed by atoms with Crippen LogP contribution in [0.1, 0.15) is 15.9 Å². The Balaban J connectivity index is 2.51. The highest BCUT2D eigenvalue weighted by Crippen LogP contribution is 2.23. The Kier molecular flexibility index (Phi) is 3.28. The molecule has 0 atom stereocenters. The second kappa shape index (κ2) is 4.87. The van der Waals surface area contributed by atoms with Crippen molar-refractivity contribution < 1.29 is 9.53 Å². The number of carbonyl (C=O) groups excluding carboxylic acids is 1. The third kappa shape index (κ3) is 2.32. The van der Waals surface area contributed by atoms with Crippen LogP contribution in [0, 0.1) is 6.92 Å². The quantitative estimate of drug-likeness (QED) is 0.821. The third-order valence-electron chi connectivity index (χ3n) is 2.68. The zero-order valence-electron chi connectivity index (χ0n) is 10.3. The van der Waals surface area contributed by atoms with Gasteiger partial charge in [0.1, 0.15) is 5.82 Å². The first-order valence-electron chi connectivity index (χ1n) is 5.53. The number of benzene rings is 1. The van der Waals surface area contributed by atoms with Crippen LogP contribution in [0.2, 0.25) is 0 Å². The number of anilines is 1. The lowest BCUT2D eigenvalue weighted by atomic mass is 10.0. The fourth-order valence-electron chi connectivity index (χ4n) is 1.75. The number of nitrogen functional groups attached to an aromatic ring is 1. The molecule has 4 nitrogen and oxygen atoms in total. The van der Waals surface area contributed by atoms with Crippen LogP contribution in [0.25, 0.3) is 11.3 Å². The van der Waals surface area contributed by atoms with Gasteiger partial charge in [-0.25, -0.2) is 9.78 Å². The lowest BCUT2D eigenvalue weighted by molar-refractivity contribution is 0.0601. The Bertz CT molecular complexity index is 594. The van der Waals surface area contributed by atoms with Gasteiger partial charge in [-0.3, -0.25) is 0 Å². The smallest absolute Gasteiger partial charge is 0.337 e. The summed E-state index contributed by atoms with van der Waals surface area (Å²) in [4.78, 5) is 15.8. The number of carbonyl (C=O) groups is 1. The van der Waals surface area contributed by atoms with E-state index in [4.69, 9.17) is 10.5 Å². The zero-order valence-corrected chi connectivity index (χ0v) is 10.3. The van der Waals surface area contributed by atoms with Crippen molar-refractivity contribution in [2.24, 2.45) is 0 Å². The highest BCUT2D eigenvalue weighted by Gasteiger charge is 2.09. The van der Waals surface area contributed by atoms with E-state index in [2.05, 4.69) is 4.98 Å². The van der Waals surface area contributed by atoms with Crippen LogP contribution in [-0.4, -0.2) is 18.1 Å². The monoisotopic (exact) mass is 242 g/mol. The summed E-state index contributed by atoms with van der Waals surface area (Å²) in [5.74, 6) is 0.0949. The summed E-state index contributed by atoms with van der Waals surface area (Å²) in [6.45, 7) is 1.95. The zero-order chi connectivity index (χ0) is 13.1. The molecule has 0 aliphatic heterocycles. The van der Waals surface area contributed by atoms with Crippen LogP contribution in [0.3, 0.4) is 0 Å². The maximum atomic E-state index is 11.5. The maximum absolute atomic E-state index is 11.5. The van der Waals surface area contributed by atoms with Gasteiger partial charge in [0.2, 0.25) is 0 Å². The van der Waals surface area contributed by atoms with E-state index < -0.39 is 0 Å². The minimum atomic E-state index is -0.363. The first-order valence-corrected chi connectivity index (χ1v) is 5.53. The van der Waals surface area contributed by atoms with Gasteiger partial charge >= 0.3 is 5.97 Å². The molecule has 1 aromatic heterocycles. The van der Waals surface area contributed by atoms with Crippen LogP contribution >= 0.6 is 0 Å². The van der Waals surface area contributed by atoms with E-state index in [1.807, 2.05) is 19.1 Å². The molecule has 1 heterocycles. The van der Waals surface area contributed by atoms with Crippen molar-refractivity contribution in [1.82, 2.24) is 4.98 Å². The van der Waals surface area contributed by atoms with Crippen LogP contribution in [0.4, 0.5) is 5.82 Å². The van der Waals surface area contributed by atoms with Gasteiger partial charge in [-0.15, -0.1) is 0 Å². The highest BCUT2D eigenvalue weighted by molar-refractivity contribution is 5.90. The molecule has 2 rings (SSSR count). The van der Waals surface area contributed by atoms with Gasteiger partial charge in [0.05, 0.1) is 18.4 Å². The minimum absolute atomic E-state index is 0.363. The molecule has 92 valence electrons. The van der Waals surface area contributed by atoms with E-state index >= 15 is 0 Å². The molecule has 0 spiro atoms. The largest absolute Gasteiger partial charge is 0.465 e. The van der Waals surface area contributed by atoms with Crippen molar-refractivity contribution >= 4 is 11.8 Å². The number of methoxy groups -OCH3 is 1. The molecule has 0 saturated heterocycles. The van der Waals surface area contributed by atoms with Crippen molar-refractivity contribution in [2.45, 2.75) is 6.92 Å². The van der Waals surface area contributed by atoms with Gasteiger partial charge < -0.3 is 10.5 Å². The van der Waals surface area contributed by atoms with Crippen molar-refractivity contribution in [2.75, 3.05) is 12.8 Å². The van der Waals surface area contributed by atoms with E-state index in [9.17, 15) is 4.79 Å². The number of nitrogens with two attached hydrogens (primary N) is 1. The van der Waals surface area contributed by atoms with Crippen LogP contribution in [-0.2, 0) is 4.74 Å². The molecule has 0 aliphatic carbocycles. The second-order valence-electron chi connectivity index (χ2n) is 3.97. The van der Waals surface area contributed by atoms with Crippen LogP contribution in [0.15, 0.2) is 36.4 Å². The number of hydrogen-bond donors (Lipinski definition) is 1. The van der Waals surface area contributed by atoms with Gasteiger partial charge in [0, 0.05) is 5.56 Å². The number of aromatic nitrogens is 1. The summed E-state index contributed by atoms with van der Waals surface area (Å²) in [7, 11) is 1.36. The fraction of sp³-hybridized carbons (Fsp3) is 0.143. The maximum Gasteiger partial charge on any atom is 0.337 e. The predicted octanol–water partition coefficient (Wildman–Crippen LogP) is 2.43. The Morgan fingerprint density at radius 3 is 2.78 bits per heavy atom. The number of rotatable bonds is 2. The number of nitrogens with zero attached hydrogens (tertiary/aromatic N) is 1. The molecule has 0 aliphatic rings. The Labute approximate surface area is 105 Å². The number of esters is 1. The molecule has 0 unspecified atom stereocenters. The predicted molar refractivity (Wildman–Crippen MR) is 70.2 cm³/mol. The van der Waals surface area contributed by atoms with Crippen molar-refractivity contribution in [3.8, 4) is 11.3 Å². The summed E-state index contributed by atoms with van der Waals surface area (Å²) in [5.41, 5.74) is 8.82. The van der Waals surface area contributed by atoms with Gasteiger partial charge in [-0.2, -0.15) is 0 Å². The van der Waals surface area contributed by atoms with Crippen LogP contribution < -0.4 is 5.73 Å². The van der Waals surface area contributed by atoms with Gasteiger partial charge in [-0.05, 0) is 30.7 Å².